The van der Waals surface area contributed by atoms with Crippen molar-refractivity contribution in [3.05, 3.63) is 74.9 Å². The van der Waals surface area contributed by atoms with Crippen LogP contribution in [0.2, 0.25) is 10.0 Å². The number of anilines is 1. The second kappa shape index (κ2) is 6.79. The van der Waals surface area contributed by atoms with Gasteiger partial charge in [-0.25, -0.2) is 0 Å². The van der Waals surface area contributed by atoms with E-state index in [9.17, 15) is 4.79 Å². The highest BCUT2D eigenvalue weighted by Crippen LogP contribution is 2.30. The van der Waals surface area contributed by atoms with Gasteiger partial charge in [-0.15, -0.1) is 0 Å². The van der Waals surface area contributed by atoms with Crippen molar-refractivity contribution in [3.8, 4) is 11.3 Å². The van der Waals surface area contributed by atoms with Crippen molar-refractivity contribution in [1.82, 2.24) is 0 Å². The molecule has 0 unspecified atom stereocenters. The van der Waals surface area contributed by atoms with Gasteiger partial charge in [-0.1, -0.05) is 35.3 Å². The number of nitrogens with one attached hydrogen (secondary N) is 1. The first-order valence-corrected chi connectivity index (χ1v) is 8.20. The number of hydrogen-bond donors (Lipinski definition) is 1. The number of benzene rings is 2. The van der Waals surface area contributed by atoms with E-state index in [0.29, 0.717) is 21.5 Å². The highest BCUT2D eigenvalue weighted by molar-refractivity contribution is 9.10. The average molecular weight is 411 g/mol. The lowest BCUT2D eigenvalue weighted by Crippen LogP contribution is -2.11. The van der Waals surface area contributed by atoms with E-state index in [1.165, 1.54) is 0 Å². The molecule has 1 heterocycles. The summed E-state index contributed by atoms with van der Waals surface area (Å²) in [6.45, 7) is 0. The van der Waals surface area contributed by atoms with E-state index >= 15 is 0 Å². The number of rotatable bonds is 3. The molecule has 3 rings (SSSR count). The lowest BCUT2D eigenvalue weighted by atomic mass is 10.2. The molecule has 0 spiro atoms. The van der Waals surface area contributed by atoms with Gasteiger partial charge in [0.2, 0.25) is 0 Å². The topological polar surface area (TPSA) is 42.2 Å². The first kappa shape index (κ1) is 16.1. The molecule has 116 valence electrons. The Labute approximate surface area is 151 Å². The summed E-state index contributed by atoms with van der Waals surface area (Å²) in [5.74, 6) is 0.422. The summed E-state index contributed by atoms with van der Waals surface area (Å²) in [4.78, 5) is 12.3. The van der Waals surface area contributed by atoms with Crippen LogP contribution in [0.1, 0.15) is 10.6 Å². The zero-order chi connectivity index (χ0) is 16.4. The van der Waals surface area contributed by atoms with Gasteiger partial charge in [0.1, 0.15) is 5.76 Å². The van der Waals surface area contributed by atoms with Crippen molar-refractivity contribution < 1.29 is 9.21 Å². The second-order valence-corrected chi connectivity index (χ2v) is 6.40. The minimum Gasteiger partial charge on any atom is -0.451 e. The maximum absolute atomic E-state index is 12.3. The molecule has 0 atom stereocenters. The van der Waals surface area contributed by atoms with Crippen LogP contribution >= 0.6 is 39.1 Å². The van der Waals surface area contributed by atoms with E-state index in [1.807, 2.05) is 18.2 Å². The van der Waals surface area contributed by atoms with Crippen molar-refractivity contribution in [2.45, 2.75) is 0 Å². The van der Waals surface area contributed by atoms with Crippen LogP contribution in [-0.4, -0.2) is 5.91 Å². The minimum absolute atomic E-state index is 0.210. The van der Waals surface area contributed by atoms with Gasteiger partial charge in [0.25, 0.3) is 5.91 Å². The first-order valence-electron chi connectivity index (χ1n) is 6.66. The van der Waals surface area contributed by atoms with Gasteiger partial charge in [0.05, 0.1) is 15.7 Å². The predicted molar refractivity (Wildman–Crippen MR) is 96.3 cm³/mol. The zero-order valence-corrected chi connectivity index (χ0v) is 14.7. The molecule has 1 N–H and O–H groups in total. The third-order valence-corrected chi connectivity index (χ3v) is 4.59. The average Bonchev–Trinajstić information content (AvgIpc) is 3.02. The Morgan fingerprint density at radius 1 is 1.00 bits per heavy atom. The minimum atomic E-state index is -0.330. The van der Waals surface area contributed by atoms with Gasteiger partial charge < -0.3 is 9.73 Å². The van der Waals surface area contributed by atoms with Crippen LogP contribution in [-0.2, 0) is 0 Å². The van der Waals surface area contributed by atoms with Crippen LogP contribution in [0.15, 0.2) is 63.5 Å². The third-order valence-electron chi connectivity index (χ3n) is 3.16. The zero-order valence-electron chi connectivity index (χ0n) is 11.6. The fourth-order valence-corrected chi connectivity index (χ4v) is 2.69. The molecule has 23 heavy (non-hydrogen) atoms. The summed E-state index contributed by atoms with van der Waals surface area (Å²) in [6, 6.07) is 15.8. The van der Waals surface area contributed by atoms with Crippen LogP contribution in [0.3, 0.4) is 0 Å². The molecule has 3 aromatic rings. The summed E-state index contributed by atoms with van der Waals surface area (Å²) >= 11 is 15.3. The molecular formula is C17H10BrCl2NO2. The highest BCUT2D eigenvalue weighted by Gasteiger charge is 2.14. The molecule has 3 nitrogen and oxygen atoms in total. The molecule has 0 radical (unpaired) electrons. The Bertz CT molecular complexity index is 877. The monoisotopic (exact) mass is 409 g/mol. The summed E-state index contributed by atoms with van der Waals surface area (Å²) in [7, 11) is 0. The molecule has 1 amide bonds. The van der Waals surface area contributed by atoms with Gasteiger partial charge in [-0.3, -0.25) is 4.79 Å². The SMILES string of the molecule is O=C(Nc1ccccc1Br)c1ccc(-c2ccc(Cl)c(Cl)c2)o1. The summed E-state index contributed by atoms with van der Waals surface area (Å²) < 4.78 is 6.41. The van der Waals surface area contributed by atoms with Gasteiger partial charge >= 0.3 is 0 Å². The van der Waals surface area contributed by atoms with Gasteiger partial charge in [-0.2, -0.15) is 0 Å². The first-order chi connectivity index (χ1) is 11.0. The van der Waals surface area contributed by atoms with Crippen molar-refractivity contribution >= 4 is 50.7 Å². The van der Waals surface area contributed by atoms with E-state index in [1.54, 1.807) is 36.4 Å². The number of para-hydroxylation sites is 1. The highest BCUT2D eigenvalue weighted by atomic mass is 79.9. The molecule has 1 aromatic heterocycles. The molecule has 0 aliphatic rings. The Morgan fingerprint density at radius 2 is 1.78 bits per heavy atom. The Balaban J connectivity index is 1.82. The Hall–Kier alpha value is -1.75. The molecular weight excluding hydrogens is 401 g/mol. The maximum Gasteiger partial charge on any atom is 0.291 e. The smallest absolute Gasteiger partial charge is 0.291 e. The van der Waals surface area contributed by atoms with Crippen LogP contribution in [0.5, 0.6) is 0 Å². The molecule has 6 heteroatoms. The maximum atomic E-state index is 12.3. The van der Waals surface area contributed by atoms with Crippen molar-refractivity contribution in [2.24, 2.45) is 0 Å². The number of carbonyl (C=O) groups excluding carboxylic acids is 1. The number of halogens is 3. The van der Waals surface area contributed by atoms with Crippen LogP contribution in [0.4, 0.5) is 5.69 Å². The lowest BCUT2D eigenvalue weighted by molar-refractivity contribution is 0.0997. The number of furan rings is 1. The van der Waals surface area contributed by atoms with E-state index < -0.39 is 0 Å². The standard InChI is InChI=1S/C17H10BrCl2NO2/c18-11-3-1-2-4-14(11)21-17(22)16-8-7-15(23-16)10-5-6-12(19)13(20)9-10/h1-9H,(H,21,22). The number of amides is 1. The van der Waals surface area contributed by atoms with Gasteiger partial charge in [-0.05, 0) is 58.4 Å². The second-order valence-electron chi connectivity index (χ2n) is 4.73. The Morgan fingerprint density at radius 3 is 2.52 bits per heavy atom. The van der Waals surface area contributed by atoms with Crippen LogP contribution in [0.25, 0.3) is 11.3 Å². The molecule has 0 aliphatic carbocycles. The van der Waals surface area contributed by atoms with E-state index in [-0.39, 0.29) is 11.7 Å². The van der Waals surface area contributed by atoms with Crippen molar-refractivity contribution in [1.29, 1.82) is 0 Å². The van der Waals surface area contributed by atoms with E-state index in [2.05, 4.69) is 21.2 Å². The molecule has 0 aliphatic heterocycles. The summed E-state index contributed by atoms with van der Waals surface area (Å²) in [5.41, 5.74) is 1.42. The largest absolute Gasteiger partial charge is 0.451 e. The predicted octanol–water partition coefficient (Wildman–Crippen LogP) is 6.27. The fraction of sp³-hybridized carbons (Fsp3) is 0. The normalized spacial score (nSPS) is 10.6. The molecule has 0 fully saturated rings. The van der Waals surface area contributed by atoms with Crippen LogP contribution < -0.4 is 5.32 Å². The number of hydrogen-bond acceptors (Lipinski definition) is 2. The summed E-state index contributed by atoms with van der Waals surface area (Å²) in [6.07, 6.45) is 0. The van der Waals surface area contributed by atoms with E-state index in [4.69, 9.17) is 27.6 Å². The van der Waals surface area contributed by atoms with Gasteiger partial charge in [0, 0.05) is 10.0 Å². The summed E-state index contributed by atoms with van der Waals surface area (Å²) in [5, 5.41) is 3.68. The van der Waals surface area contributed by atoms with E-state index in [0.717, 1.165) is 10.0 Å². The fourth-order valence-electron chi connectivity index (χ4n) is 2.01. The Kier molecular flexibility index (Phi) is 4.76. The van der Waals surface area contributed by atoms with Gasteiger partial charge in [0.15, 0.2) is 5.76 Å². The molecule has 0 saturated heterocycles. The van der Waals surface area contributed by atoms with Crippen LogP contribution in [0, 0.1) is 0 Å². The number of carbonyl (C=O) groups is 1. The molecule has 0 bridgehead atoms. The lowest BCUT2D eigenvalue weighted by Gasteiger charge is -2.05. The molecule has 2 aromatic carbocycles. The molecule has 0 saturated carbocycles. The van der Waals surface area contributed by atoms with Crippen molar-refractivity contribution in [3.63, 3.8) is 0 Å². The third kappa shape index (κ3) is 3.61. The van der Waals surface area contributed by atoms with Crippen molar-refractivity contribution in [2.75, 3.05) is 5.32 Å². The quantitative estimate of drug-likeness (QED) is 0.552.